The number of aryl methyl sites for hydroxylation is 1. The van der Waals surface area contributed by atoms with Crippen molar-refractivity contribution in [1.29, 1.82) is 5.26 Å². The Balaban J connectivity index is 2.08. The molecule has 0 N–H and O–H groups in total. The van der Waals surface area contributed by atoms with E-state index in [1.807, 2.05) is 24.5 Å². The lowest BCUT2D eigenvalue weighted by atomic mass is 9.95. The zero-order valence-electron chi connectivity index (χ0n) is 12.7. The third-order valence-corrected chi connectivity index (χ3v) is 3.93. The van der Waals surface area contributed by atoms with Gasteiger partial charge in [0.05, 0.1) is 12.5 Å². The van der Waals surface area contributed by atoms with E-state index in [0.29, 0.717) is 6.42 Å². The summed E-state index contributed by atoms with van der Waals surface area (Å²) in [6.45, 7) is 2.20. The molecular formula is C20H18N2. The Morgan fingerprint density at radius 1 is 1.05 bits per heavy atom. The van der Waals surface area contributed by atoms with Crippen LogP contribution in [0.25, 0.3) is 21.9 Å². The van der Waals surface area contributed by atoms with E-state index < -0.39 is 0 Å². The van der Waals surface area contributed by atoms with Gasteiger partial charge in [-0.05, 0) is 46.2 Å². The number of hydrogen-bond acceptors (Lipinski definition) is 2. The van der Waals surface area contributed by atoms with Crippen LogP contribution < -0.4 is 0 Å². The van der Waals surface area contributed by atoms with Crippen LogP contribution in [0.1, 0.15) is 24.5 Å². The molecule has 0 unspecified atom stereocenters. The van der Waals surface area contributed by atoms with Crippen molar-refractivity contribution in [2.24, 2.45) is 0 Å². The fraction of sp³-hybridized carbons (Fsp3) is 0.200. The molecule has 108 valence electrons. The molecule has 3 rings (SSSR count). The molecule has 0 radical (unpaired) electrons. The minimum absolute atomic E-state index is 0.463. The van der Waals surface area contributed by atoms with E-state index in [1.165, 1.54) is 27.5 Å². The Kier molecular flexibility index (Phi) is 4.16. The molecule has 3 aromatic rings. The Morgan fingerprint density at radius 3 is 2.59 bits per heavy atom. The summed E-state index contributed by atoms with van der Waals surface area (Å²) >= 11 is 0. The lowest BCUT2D eigenvalue weighted by Crippen LogP contribution is -1.90. The number of fused-ring (bicyclic) bond motifs is 1. The highest BCUT2D eigenvalue weighted by molar-refractivity contribution is 5.89. The van der Waals surface area contributed by atoms with Gasteiger partial charge in [0.2, 0.25) is 0 Å². The number of benzene rings is 2. The molecule has 2 nitrogen and oxygen atoms in total. The second-order valence-corrected chi connectivity index (χ2v) is 5.51. The van der Waals surface area contributed by atoms with Crippen molar-refractivity contribution >= 4 is 10.8 Å². The van der Waals surface area contributed by atoms with Crippen LogP contribution in [0.4, 0.5) is 0 Å². The predicted molar refractivity (Wildman–Crippen MR) is 90.5 cm³/mol. The molecule has 0 atom stereocenters. The predicted octanol–water partition coefficient (Wildman–Crippen LogP) is 4.92. The maximum atomic E-state index is 8.76. The first-order valence-electron chi connectivity index (χ1n) is 7.64. The smallest absolute Gasteiger partial charge is 0.0669 e. The zero-order valence-corrected chi connectivity index (χ0v) is 12.7. The van der Waals surface area contributed by atoms with Gasteiger partial charge in [-0.15, -0.1) is 0 Å². The average Bonchev–Trinajstić information content (AvgIpc) is 2.56. The summed E-state index contributed by atoms with van der Waals surface area (Å²) < 4.78 is 0. The normalized spacial score (nSPS) is 10.5. The van der Waals surface area contributed by atoms with Crippen LogP contribution in [0, 0.1) is 11.3 Å². The van der Waals surface area contributed by atoms with Crippen LogP contribution >= 0.6 is 0 Å². The fourth-order valence-electron chi connectivity index (χ4n) is 2.82. The second kappa shape index (κ2) is 6.41. The van der Waals surface area contributed by atoms with Gasteiger partial charge in [0.15, 0.2) is 0 Å². The Labute approximate surface area is 131 Å². The van der Waals surface area contributed by atoms with Crippen molar-refractivity contribution in [3.8, 4) is 17.2 Å². The standard InChI is InChI=1S/C20H18N2/c1-2-3-17-12-19(13-18-9-11-22-14-20(17)18)16-6-4-15(5-7-16)8-10-21/h4-7,9,11-14H,2-3,8H2,1H3. The van der Waals surface area contributed by atoms with Crippen molar-refractivity contribution in [2.75, 3.05) is 0 Å². The van der Waals surface area contributed by atoms with Crippen LogP contribution in [-0.4, -0.2) is 4.98 Å². The largest absolute Gasteiger partial charge is 0.264 e. The van der Waals surface area contributed by atoms with Gasteiger partial charge >= 0.3 is 0 Å². The minimum atomic E-state index is 0.463. The van der Waals surface area contributed by atoms with Gasteiger partial charge in [-0.1, -0.05) is 43.7 Å². The fourth-order valence-corrected chi connectivity index (χ4v) is 2.82. The van der Waals surface area contributed by atoms with Crippen molar-refractivity contribution in [3.05, 3.63) is 66.0 Å². The summed E-state index contributed by atoms with van der Waals surface area (Å²) in [6.07, 6.45) is 6.44. The molecule has 0 aliphatic heterocycles. The molecule has 2 heteroatoms. The number of hydrogen-bond donors (Lipinski definition) is 0. The molecule has 0 saturated heterocycles. The van der Waals surface area contributed by atoms with E-state index in [9.17, 15) is 0 Å². The summed E-state index contributed by atoms with van der Waals surface area (Å²) in [5.41, 5.74) is 4.83. The highest BCUT2D eigenvalue weighted by atomic mass is 14.6. The topological polar surface area (TPSA) is 36.7 Å². The first-order chi connectivity index (χ1) is 10.8. The summed E-state index contributed by atoms with van der Waals surface area (Å²) in [5, 5.41) is 11.2. The minimum Gasteiger partial charge on any atom is -0.264 e. The third-order valence-electron chi connectivity index (χ3n) is 3.93. The van der Waals surface area contributed by atoms with Crippen molar-refractivity contribution in [1.82, 2.24) is 4.98 Å². The van der Waals surface area contributed by atoms with Crippen LogP contribution in [0.15, 0.2) is 54.9 Å². The van der Waals surface area contributed by atoms with Gasteiger partial charge in [0, 0.05) is 17.8 Å². The van der Waals surface area contributed by atoms with E-state index in [1.54, 1.807) is 0 Å². The summed E-state index contributed by atoms with van der Waals surface area (Å²) in [4.78, 5) is 4.26. The van der Waals surface area contributed by atoms with E-state index in [4.69, 9.17) is 5.26 Å². The summed E-state index contributed by atoms with van der Waals surface area (Å²) in [5.74, 6) is 0. The second-order valence-electron chi connectivity index (χ2n) is 5.51. The maximum Gasteiger partial charge on any atom is 0.0669 e. The monoisotopic (exact) mass is 286 g/mol. The third kappa shape index (κ3) is 2.84. The number of pyridine rings is 1. The molecule has 0 spiro atoms. The molecular weight excluding hydrogens is 268 g/mol. The van der Waals surface area contributed by atoms with E-state index in [-0.39, 0.29) is 0 Å². The van der Waals surface area contributed by atoms with Gasteiger partial charge in [-0.2, -0.15) is 5.26 Å². The molecule has 0 amide bonds. The van der Waals surface area contributed by atoms with Crippen LogP contribution in [0.3, 0.4) is 0 Å². The summed E-state index contributed by atoms with van der Waals surface area (Å²) in [6, 6.07) is 17.0. The molecule has 0 aliphatic rings. The van der Waals surface area contributed by atoms with Crippen molar-refractivity contribution in [3.63, 3.8) is 0 Å². The van der Waals surface area contributed by atoms with Gasteiger partial charge in [0.25, 0.3) is 0 Å². The van der Waals surface area contributed by atoms with E-state index in [2.05, 4.69) is 48.3 Å². The quantitative estimate of drug-likeness (QED) is 0.682. The van der Waals surface area contributed by atoms with Gasteiger partial charge in [0.1, 0.15) is 0 Å². The highest BCUT2D eigenvalue weighted by Gasteiger charge is 2.06. The zero-order chi connectivity index (χ0) is 15.4. The SMILES string of the molecule is CCCc1cc(-c2ccc(CC#N)cc2)cc2ccncc12. The molecule has 0 bridgehead atoms. The van der Waals surface area contributed by atoms with E-state index >= 15 is 0 Å². The Bertz CT molecular complexity index is 826. The van der Waals surface area contributed by atoms with Gasteiger partial charge in [-0.25, -0.2) is 0 Å². The molecule has 1 heterocycles. The lowest BCUT2D eigenvalue weighted by molar-refractivity contribution is 0.929. The Morgan fingerprint density at radius 2 is 1.86 bits per heavy atom. The molecule has 22 heavy (non-hydrogen) atoms. The van der Waals surface area contributed by atoms with Gasteiger partial charge < -0.3 is 0 Å². The molecule has 0 saturated carbocycles. The van der Waals surface area contributed by atoms with Crippen molar-refractivity contribution in [2.45, 2.75) is 26.2 Å². The highest BCUT2D eigenvalue weighted by Crippen LogP contribution is 2.28. The van der Waals surface area contributed by atoms with Crippen LogP contribution in [0.2, 0.25) is 0 Å². The number of aromatic nitrogens is 1. The number of nitriles is 1. The molecule has 2 aromatic carbocycles. The molecule has 1 aromatic heterocycles. The summed E-state index contributed by atoms with van der Waals surface area (Å²) in [7, 11) is 0. The number of nitrogens with zero attached hydrogens (tertiary/aromatic N) is 2. The lowest BCUT2D eigenvalue weighted by Gasteiger charge is -2.10. The Hall–Kier alpha value is -2.66. The van der Waals surface area contributed by atoms with Crippen molar-refractivity contribution < 1.29 is 0 Å². The average molecular weight is 286 g/mol. The number of rotatable bonds is 4. The van der Waals surface area contributed by atoms with Crippen LogP contribution in [0.5, 0.6) is 0 Å². The molecule has 0 aliphatic carbocycles. The van der Waals surface area contributed by atoms with E-state index in [0.717, 1.165) is 18.4 Å². The molecule has 0 fully saturated rings. The first-order valence-corrected chi connectivity index (χ1v) is 7.64. The van der Waals surface area contributed by atoms with Crippen LogP contribution in [-0.2, 0) is 12.8 Å². The maximum absolute atomic E-state index is 8.76. The van der Waals surface area contributed by atoms with Gasteiger partial charge in [-0.3, -0.25) is 4.98 Å². The first kappa shape index (κ1) is 14.3.